The van der Waals surface area contributed by atoms with Gasteiger partial charge in [-0.2, -0.15) is 13.2 Å². The Bertz CT molecular complexity index is 870. The van der Waals surface area contributed by atoms with Crippen LogP contribution in [-0.4, -0.2) is 10.2 Å². The van der Waals surface area contributed by atoms with E-state index in [-0.39, 0.29) is 10.0 Å². The molecule has 3 nitrogen and oxygen atoms in total. The summed E-state index contributed by atoms with van der Waals surface area (Å²) in [5.41, 5.74) is -0.739. The first-order chi connectivity index (χ1) is 11.9. The molecule has 0 saturated carbocycles. The summed E-state index contributed by atoms with van der Waals surface area (Å²) in [6, 6.07) is 8.00. The highest BCUT2D eigenvalue weighted by molar-refractivity contribution is 8.27. The molecule has 3 rings (SSSR count). The molecule has 0 unspecified atom stereocenters. The van der Waals surface area contributed by atoms with Gasteiger partial charge in [0.15, 0.2) is 4.32 Å². The van der Waals surface area contributed by atoms with Crippen LogP contribution >= 0.6 is 24.0 Å². The van der Waals surface area contributed by atoms with E-state index in [1.807, 2.05) is 0 Å². The van der Waals surface area contributed by atoms with Crippen LogP contribution < -0.4 is 4.90 Å². The van der Waals surface area contributed by atoms with Crippen LogP contribution in [0.15, 0.2) is 64.1 Å². The highest BCUT2D eigenvalue weighted by Gasteiger charge is 2.35. The van der Waals surface area contributed by atoms with Crippen molar-refractivity contribution >= 4 is 46.0 Å². The molecule has 2 aromatic rings. The van der Waals surface area contributed by atoms with Crippen LogP contribution in [0.4, 0.5) is 18.9 Å². The lowest BCUT2D eigenvalue weighted by molar-refractivity contribution is -0.137. The second-order valence-electron chi connectivity index (χ2n) is 4.96. The second kappa shape index (κ2) is 6.89. The van der Waals surface area contributed by atoms with Gasteiger partial charge in [-0.3, -0.25) is 9.69 Å². The van der Waals surface area contributed by atoms with Crippen molar-refractivity contribution in [2.75, 3.05) is 4.90 Å². The summed E-state index contributed by atoms with van der Waals surface area (Å²) in [5.74, 6) is 0.156. The monoisotopic (exact) mass is 381 g/mol. The third-order valence-electron chi connectivity index (χ3n) is 3.28. The Kier molecular flexibility index (Phi) is 4.82. The van der Waals surface area contributed by atoms with Gasteiger partial charge in [0.1, 0.15) is 5.76 Å². The van der Waals surface area contributed by atoms with E-state index in [0.717, 1.165) is 28.8 Å². The number of anilines is 1. The summed E-state index contributed by atoms with van der Waals surface area (Å²) in [5, 5.41) is 0. The number of furan rings is 1. The van der Waals surface area contributed by atoms with Gasteiger partial charge in [-0.1, -0.05) is 36.1 Å². The molecule has 1 aliphatic heterocycles. The van der Waals surface area contributed by atoms with E-state index in [1.54, 1.807) is 30.4 Å². The van der Waals surface area contributed by atoms with E-state index in [0.29, 0.717) is 10.7 Å². The lowest BCUT2D eigenvalue weighted by atomic mass is 10.2. The first-order valence-corrected chi connectivity index (χ1v) is 8.24. The number of hydrogen-bond donors (Lipinski definition) is 0. The lowest BCUT2D eigenvalue weighted by Gasteiger charge is -2.16. The van der Waals surface area contributed by atoms with Gasteiger partial charge < -0.3 is 4.42 Å². The quantitative estimate of drug-likeness (QED) is 0.536. The Labute approximate surface area is 150 Å². The third-order valence-corrected chi connectivity index (χ3v) is 4.60. The number of thioether (sulfide) groups is 1. The van der Waals surface area contributed by atoms with E-state index >= 15 is 0 Å². The molecule has 0 aliphatic carbocycles. The average Bonchev–Trinajstić information content (AvgIpc) is 3.15. The van der Waals surface area contributed by atoms with E-state index in [2.05, 4.69) is 0 Å². The van der Waals surface area contributed by atoms with Gasteiger partial charge >= 0.3 is 6.18 Å². The molecule has 0 spiro atoms. The summed E-state index contributed by atoms with van der Waals surface area (Å²) in [6.07, 6.45) is 1.87. The van der Waals surface area contributed by atoms with E-state index < -0.39 is 17.6 Å². The molecule has 1 saturated heterocycles. The summed E-state index contributed by atoms with van der Waals surface area (Å²) >= 11 is 6.18. The smallest absolute Gasteiger partial charge is 0.416 e. The van der Waals surface area contributed by atoms with Crippen molar-refractivity contribution in [3.05, 3.63) is 71.0 Å². The van der Waals surface area contributed by atoms with Crippen LogP contribution in [0.3, 0.4) is 0 Å². The van der Waals surface area contributed by atoms with Gasteiger partial charge in [-0.15, -0.1) is 0 Å². The van der Waals surface area contributed by atoms with Crippen LogP contribution in [0.5, 0.6) is 0 Å². The number of carbonyl (C=O) groups is 1. The molecule has 1 amide bonds. The maximum Gasteiger partial charge on any atom is 0.416 e. The number of thiocarbonyl (C=S) groups is 1. The Morgan fingerprint density at radius 2 is 2.00 bits per heavy atom. The first kappa shape index (κ1) is 17.5. The van der Waals surface area contributed by atoms with Crippen LogP contribution in [0, 0.1) is 0 Å². The molecule has 25 heavy (non-hydrogen) atoms. The SMILES string of the molecule is O=C1/C(=C/C=C/c2ccco2)SC(=S)N1c1cccc(C(F)(F)F)c1. The zero-order chi connectivity index (χ0) is 18.0. The van der Waals surface area contributed by atoms with Gasteiger partial charge in [0.05, 0.1) is 22.4 Å². The number of hydrogen-bond acceptors (Lipinski definition) is 4. The fraction of sp³-hybridized carbons (Fsp3) is 0.0588. The van der Waals surface area contributed by atoms with Crippen molar-refractivity contribution in [2.24, 2.45) is 0 Å². The number of benzene rings is 1. The van der Waals surface area contributed by atoms with Gasteiger partial charge in [0.25, 0.3) is 5.91 Å². The van der Waals surface area contributed by atoms with Crippen molar-refractivity contribution < 1.29 is 22.4 Å². The van der Waals surface area contributed by atoms with Crippen molar-refractivity contribution in [3.63, 3.8) is 0 Å². The van der Waals surface area contributed by atoms with Crippen molar-refractivity contribution in [2.45, 2.75) is 6.18 Å². The topological polar surface area (TPSA) is 33.5 Å². The summed E-state index contributed by atoms with van der Waals surface area (Å²) in [4.78, 5) is 13.9. The normalized spacial score (nSPS) is 17.2. The molecule has 8 heteroatoms. The zero-order valence-corrected chi connectivity index (χ0v) is 14.1. The number of rotatable bonds is 3. The van der Waals surface area contributed by atoms with Crippen molar-refractivity contribution in [1.82, 2.24) is 0 Å². The summed E-state index contributed by atoms with van der Waals surface area (Å²) in [7, 11) is 0. The second-order valence-corrected chi connectivity index (χ2v) is 6.64. The van der Waals surface area contributed by atoms with E-state index in [9.17, 15) is 18.0 Å². The minimum atomic E-state index is -4.49. The van der Waals surface area contributed by atoms with Gasteiger partial charge in [0, 0.05) is 0 Å². The Hall–Kier alpha value is -2.32. The fourth-order valence-electron chi connectivity index (χ4n) is 2.14. The minimum Gasteiger partial charge on any atom is -0.465 e. The molecule has 1 aliphatic rings. The summed E-state index contributed by atoms with van der Waals surface area (Å²) in [6.45, 7) is 0. The van der Waals surface area contributed by atoms with Gasteiger partial charge in [-0.05, 0) is 42.5 Å². The molecular formula is C17H10F3NO2S2. The van der Waals surface area contributed by atoms with E-state index in [4.69, 9.17) is 16.6 Å². The number of nitrogens with zero attached hydrogens (tertiary/aromatic N) is 1. The third kappa shape index (κ3) is 3.85. The Morgan fingerprint density at radius 1 is 1.20 bits per heavy atom. The van der Waals surface area contributed by atoms with E-state index in [1.165, 1.54) is 18.4 Å². The summed E-state index contributed by atoms with van der Waals surface area (Å²) < 4.78 is 43.9. The van der Waals surface area contributed by atoms with Crippen molar-refractivity contribution in [1.29, 1.82) is 0 Å². The zero-order valence-electron chi connectivity index (χ0n) is 12.5. The standard InChI is InChI=1S/C17H10F3NO2S2/c18-17(19,20)11-4-1-5-12(10-11)21-15(22)14(25-16(21)24)8-2-6-13-7-3-9-23-13/h1-10H/b6-2+,14-8-. The van der Waals surface area contributed by atoms with Crippen LogP contribution in [0.25, 0.3) is 6.08 Å². The van der Waals surface area contributed by atoms with Crippen molar-refractivity contribution in [3.8, 4) is 0 Å². The lowest BCUT2D eigenvalue weighted by Crippen LogP contribution is -2.27. The number of halogens is 3. The van der Waals surface area contributed by atoms with Gasteiger partial charge in [-0.25, -0.2) is 0 Å². The highest BCUT2D eigenvalue weighted by Crippen LogP contribution is 2.37. The highest BCUT2D eigenvalue weighted by atomic mass is 32.2. The number of alkyl halides is 3. The maximum atomic E-state index is 12.9. The molecule has 2 heterocycles. The van der Waals surface area contributed by atoms with Crippen LogP contribution in [-0.2, 0) is 11.0 Å². The van der Waals surface area contributed by atoms with Crippen LogP contribution in [0.1, 0.15) is 11.3 Å². The molecule has 0 bridgehead atoms. The number of allylic oxidation sites excluding steroid dienone is 2. The molecule has 0 atom stereocenters. The van der Waals surface area contributed by atoms with Gasteiger partial charge in [0.2, 0.25) is 0 Å². The average molecular weight is 381 g/mol. The predicted molar refractivity (Wildman–Crippen MR) is 94.9 cm³/mol. The Morgan fingerprint density at radius 3 is 2.68 bits per heavy atom. The number of carbonyl (C=O) groups excluding carboxylic acids is 1. The maximum absolute atomic E-state index is 12.9. The molecule has 128 valence electrons. The molecule has 1 aromatic carbocycles. The first-order valence-electron chi connectivity index (χ1n) is 7.01. The molecule has 0 radical (unpaired) electrons. The molecule has 0 N–H and O–H groups in total. The molecular weight excluding hydrogens is 371 g/mol. The number of amides is 1. The molecule has 1 fully saturated rings. The molecule has 1 aromatic heterocycles. The minimum absolute atomic E-state index is 0.0933. The Balaban J connectivity index is 1.84. The fourth-order valence-corrected chi connectivity index (χ4v) is 3.39. The largest absolute Gasteiger partial charge is 0.465 e. The predicted octanol–water partition coefficient (Wildman–Crippen LogP) is 5.26. The van der Waals surface area contributed by atoms with Crippen LogP contribution in [0.2, 0.25) is 0 Å².